The molecule has 2 nitrogen and oxygen atoms in total. The SMILES string of the molecule is NNC(c1cc2sccc2s1)c1cccc2ccccc12. The van der Waals surface area contributed by atoms with Gasteiger partial charge in [0.25, 0.3) is 0 Å². The average Bonchev–Trinajstić information content (AvgIpc) is 3.10. The van der Waals surface area contributed by atoms with Gasteiger partial charge in [0, 0.05) is 14.3 Å². The first-order valence-corrected chi connectivity index (χ1v) is 8.47. The van der Waals surface area contributed by atoms with E-state index in [1.165, 1.54) is 30.6 Å². The Hall–Kier alpha value is -1.72. The first kappa shape index (κ1) is 13.0. The normalized spacial score (nSPS) is 13.0. The van der Waals surface area contributed by atoms with Gasteiger partial charge >= 0.3 is 0 Å². The van der Waals surface area contributed by atoms with Crippen LogP contribution in [0, 0.1) is 0 Å². The maximum absolute atomic E-state index is 5.88. The highest BCUT2D eigenvalue weighted by Gasteiger charge is 2.17. The van der Waals surface area contributed by atoms with E-state index in [2.05, 4.69) is 65.4 Å². The van der Waals surface area contributed by atoms with Gasteiger partial charge < -0.3 is 0 Å². The summed E-state index contributed by atoms with van der Waals surface area (Å²) in [7, 11) is 0. The summed E-state index contributed by atoms with van der Waals surface area (Å²) >= 11 is 3.58. The molecule has 4 rings (SSSR count). The van der Waals surface area contributed by atoms with Gasteiger partial charge in [-0.2, -0.15) is 0 Å². The molecular formula is C17H14N2S2. The molecule has 0 aliphatic rings. The van der Waals surface area contributed by atoms with Crippen molar-refractivity contribution in [3.8, 4) is 0 Å². The van der Waals surface area contributed by atoms with E-state index in [0.29, 0.717) is 0 Å². The lowest BCUT2D eigenvalue weighted by atomic mass is 9.98. The second-order valence-corrected chi connectivity index (χ2v) is 7.03. The summed E-state index contributed by atoms with van der Waals surface area (Å²) < 4.78 is 2.66. The molecule has 4 heteroatoms. The third kappa shape index (κ3) is 2.17. The molecule has 1 unspecified atom stereocenters. The van der Waals surface area contributed by atoms with E-state index >= 15 is 0 Å². The zero-order chi connectivity index (χ0) is 14.2. The first-order valence-electron chi connectivity index (χ1n) is 6.77. The summed E-state index contributed by atoms with van der Waals surface area (Å²) in [5.74, 6) is 5.88. The van der Waals surface area contributed by atoms with Gasteiger partial charge in [-0.05, 0) is 33.8 Å². The third-order valence-corrected chi connectivity index (χ3v) is 5.90. The Bertz CT molecular complexity index is 873. The number of hydrogen-bond acceptors (Lipinski definition) is 4. The molecule has 2 heterocycles. The minimum atomic E-state index is 0.0284. The molecule has 4 aromatic rings. The van der Waals surface area contributed by atoms with Crippen LogP contribution in [-0.4, -0.2) is 0 Å². The monoisotopic (exact) mass is 310 g/mol. The van der Waals surface area contributed by atoms with Gasteiger partial charge in [0.1, 0.15) is 0 Å². The first-order chi connectivity index (χ1) is 10.4. The van der Waals surface area contributed by atoms with Crippen LogP contribution in [0.2, 0.25) is 0 Å². The highest BCUT2D eigenvalue weighted by molar-refractivity contribution is 7.27. The molecule has 0 amide bonds. The van der Waals surface area contributed by atoms with Crippen LogP contribution in [0.1, 0.15) is 16.5 Å². The van der Waals surface area contributed by atoms with Crippen LogP contribution in [0.25, 0.3) is 20.2 Å². The molecule has 2 aromatic heterocycles. The Morgan fingerprint density at radius 3 is 2.67 bits per heavy atom. The standard InChI is InChI=1S/C17H14N2S2/c18-19-17(16-10-15-14(21-16)8-9-20-15)13-7-3-5-11-4-1-2-6-12(11)13/h1-10,17,19H,18H2. The number of nitrogens with two attached hydrogens (primary N) is 1. The van der Waals surface area contributed by atoms with Gasteiger partial charge in [0.05, 0.1) is 6.04 Å². The molecular weight excluding hydrogens is 296 g/mol. The molecule has 1 atom stereocenters. The van der Waals surface area contributed by atoms with E-state index in [-0.39, 0.29) is 6.04 Å². The van der Waals surface area contributed by atoms with Crippen molar-refractivity contribution in [1.29, 1.82) is 0 Å². The Labute approximate surface area is 130 Å². The highest BCUT2D eigenvalue weighted by atomic mass is 32.1. The summed E-state index contributed by atoms with van der Waals surface area (Å²) in [5, 5.41) is 4.63. The van der Waals surface area contributed by atoms with Crippen molar-refractivity contribution in [2.75, 3.05) is 0 Å². The van der Waals surface area contributed by atoms with Crippen molar-refractivity contribution < 1.29 is 0 Å². The third-order valence-electron chi connectivity index (χ3n) is 3.74. The van der Waals surface area contributed by atoms with Gasteiger partial charge in [-0.15, -0.1) is 22.7 Å². The van der Waals surface area contributed by atoms with Crippen molar-refractivity contribution in [2.24, 2.45) is 5.84 Å². The molecule has 0 fully saturated rings. The molecule has 0 saturated heterocycles. The summed E-state index contributed by atoms with van der Waals surface area (Å²) in [5.41, 5.74) is 4.22. The Morgan fingerprint density at radius 2 is 1.81 bits per heavy atom. The molecule has 104 valence electrons. The van der Waals surface area contributed by atoms with Gasteiger partial charge in [-0.1, -0.05) is 42.5 Å². The van der Waals surface area contributed by atoms with Crippen LogP contribution in [0.3, 0.4) is 0 Å². The lowest BCUT2D eigenvalue weighted by Crippen LogP contribution is -2.28. The van der Waals surface area contributed by atoms with Crippen LogP contribution in [-0.2, 0) is 0 Å². The van der Waals surface area contributed by atoms with Gasteiger partial charge in [0.15, 0.2) is 0 Å². The lowest BCUT2D eigenvalue weighted by Gasteiger charge is -2.17. The van der Waals surface area contributed by atoms with Gasteiger partial charge in [-0.3, -0.25) is 5.84 Å². The van der Waals surface area contributed by atoms with Crippen LogP contribution in [0.5, 0.6) is 0 Å². The zero-order valence-electron chi connectivity index (χ0n) is 11.2. The van der Waals surface area contributed by atoms with Crippen LogP contribution < -0.4 is 11.3 Å². The van der Waals surface area contributed by atoms with E-state index in [1.54, 1.807) is 11.3 Å². The molecule has 21 heavy (non-hydrogen) atoms. The minimum Gasteiger partial charge on any atom is -0.271 e. The number of hydrogen-bond donors (Lipinski definition) is 2. The fourth-order valence-corrected chi connectivity index (χ4v) is 4.95. The molecule has 0 radical (unpaired) electrons. The van der Waals surface area contributed by atoms with Crippen molar-refractivity contribution in [3.63, 3.8) is 0 Å². The second kappa shape index (κ2) is 5.24. The lowest BCUT2D eigenvalue weighted by molar-refractivity contribution is 0.651. The van der Waals surface area contributed by atoms with Crippen LogP contribution in [0.15, 0.2) is 60.0 Å². The van der Waals surface area contributed by atoms with E-state index < -0.39 is 0 Å². The molecule has 0 bridgehead atoms. The van der Waals surface area contributed by atoms with Crippen molar-refractivity contribution in [3.05, 3.63) is 70.4 Å². The second-order valence-electron chi connectivity index (χ2n) is 4.97. The topological polar surface area (TPSA) is 38.0 Å². The Balaban J connectivity index is 1.90. The van der Waals surface area contributed by atoms with Crippen LogP contribution >= 0.6 is 22.7 Å². The summed E-state index contributed by atoms with van der Waals surface area (Å²) in [6.45, 7) is 0. The summed E-state index contributed by atoms with van der Waals surface area (Å²) in [4.78, 5) is 1.26. The molecule has 3 N–H and O–H groups in total. The van der Waals surface area contributed by atoms with Crippen molar-refractivity contribution in [1.82, 2.24) is 5.43 Å². The molecule has 0 aliphatic heterocycles. The maximum Gasteiger partial charge on any atom is 0.0809 e. The van der Waals surface area contributed by atoms with Crippen molar-refractivity contribution in [2.45, 2.75) is 6.04 Å². The molecule has 2 aromatic carbocycles. The predicted octanol–water partition coefficient (Wildman–Crippen LogP) is 4.67. The number of fused-ring (bicyclic) bond motifs is 2. The van der Waals surface area contributed by atoms with Crippen LogP contribution in [0.4, 0.5) is 0 Å². The van der Waals surface area contributed by atoms with E-state index in [1.807, 2.05) is 11.3 Å². The fraction of sp³-hybridized carbons (Fsp3) is 0.0588. The number of rotatable bonds is 3. The maximum atomic E-state index is 5.88. The van der Waals surface area contributed by atoms with E-state index in [9.17, 15) is 0 Å². The fourth-order valence-electron chi connectivity index (χ4n) is 2.75. The number of nitrogens with one attached hydrogen (secondary N) is 1. The summed E-state index contributed by atoms with van der Waals surface area (Å²) in [6.07, 6.45) is 0. The predicted molar refractivity (Wildman–Crippen MR) is 92.8 cm³/mol. The van der Waals surface area contributed by atoms with Gasteiger partial charge in [-0.25, -0.2) is 5.43 Å². The number of thiophene rings is 2. The minimum absolute atomic E-state index is 0.0284. The Kier molecular flexibility index (Phi) is 3.24. The number of hydrazine groups is 1. The zero-order valence-corrected chi connectivity index (χ0v) is 12.9. The molecule has 0 saturated carbocycles. The highest BCUT2D eigenvalue weighted by Crippen LogP contribution is 2.37. The Morgan fingerprint density at radius 1 is 0.952 bits per heavy atom. The van der Waals surface area contributed by atoms with Crippen molar-refractivity contribution >= 4 is 42.8 Å². The quantitative estimate of drug-likeness (QED) is 0.426. The molecule has 0 aliphatic carbocycles. The average molecular weight is 310 g/mol. The molecule has 0 spiro atoms. The largest absolute Gasteiger partial charge is 0.271 e. The summed E-state index contributed by atoms with van der Waals surface area (Å²) in [6, 6.07) is 19.3. The van der Waals surface area contributed by atoms with E-state index in [4.69, 9.17) is 5.84 Å². The number of benzene rings is 2. The smallest absolute Gasteiger partial charge is 0.0809 e. The van der Waals surface area contributed by atoms with E-state index in [0.717, 1.165) is 0 Å². The van der Waals surface area contributed by atoms with Gasteiger partial charge in [0.2, 0.25) is 0 Å².